The van der Waals surface area contributed by atoms with Crippen LogP contribution in [-0.4, -0.2) is 71.8 Å². The molecule has 0 rings (SSSR count). The molecule has 0 aliphatic heterocycles. The van der Waals surface area contributed by atoms with Gasteiger partial charge in [-0.05, 0) is 52.1 Å². The molecule has 0 saturated carbocycles. The SMILES string of the molecule is CC(NC(=O)C(CCCCN)NC(=O)C(CS)NC(=O)C(N)CCCCN)C(=O)O. The van der Waals surface area contributed by atoms with Gasteiger partial charge < -0.3 is 38.3 Å². The molecule has 0 heterocycles. The molecule has 30 heavy (non-hydrogen) atoms. The monoisotopic (exact) mass is 448 g/mol. The Morgan fingerprint density at radius 3 is 1.83 bits per heavy atom. The van der Waals surface area contributed by atoms with Gasteiger partial charge in [0.15, 0.2) is 0 Å². The van der Waals surface area contributed by atoms with Gasteiger partial charge in [0.2, 0.25) is 17.7 Å². The summed E-state index contributed by atoms with van der Waals surface area (Å²) in [6.45, 7) is 2.25. The molecule has 4 unspecified atom stereocenters. The Kier molecular flexibility index (Phi) is 14.9. The highest BCUT2D eigenvalue weighted by atomic mass is 32.1. The average molecular weight is 449 g/mol. The smallest absolute Gasteiger partial charge is 0.325 e. The first kappa shape index (κ1) is 28.1. The van der Waals surface area contributed by atoms with Gasteiger partial charge in [-0.2, -0.15) is 12.6 Å². The molecular formula is C18H36N6O5S. The lowest BCUT2D eigenvalue weighted by Gasteiger charge is -2.24. The standard InChI is InChI=1S/C18H36N6O5S/c1-11(18(28)29)22-16(26)13(7-3-5-9-20)23-17(27)14(10-30)24-15(25)12(21)6-2-4-8-19/h11-14,30H,2-10,19-21H2,1H3,(H,22,26)(H,23,27)(H,24,25)(H,28,29). The molecule has 0 bridgehead atoms. The fourth-order valence-electron chi connectivity index (χ4n) is 2.52. The third-order valence-corrected chi connectivity index (χ3v) is 4.80. The maximum absolute atomic E-state index is 12.6. The molecule has 12 heteroatoms. The van der Waals surface area contributed by atoms with Crippen LogP contribution in [0.1, 0.15) is 45.4 Å². The van der Waals surface area contributed by atoms with Crippen LogP contribution < -0.4 is 33.2 Å². The van der Waals surface area contributed by atoms with E-state index in [1.165, 1.54) is 6.92 Å². The minimum absolute atomic E-state index is 0.00421. The van der Waals surface area contributed by atoms with Crippen LogP contribution in [0.4, 0.5) is 0 Å². The van der Waals surface area contributed by atoms with Crippen LogP contribution in [0.5, 0.6) is 0 Å². The maximum atomic E-state index is 12.6. The molecule has 0 fully saturated rings. The quantitative estimate of drug-likeness (QED) is 0.0983. The van der Waals surface area contributed by atoms with E-state index in [1.807, 2.05) is 0 Å². The molecule has 0 aromatic carbocycles. The van der Waals surface area contributed by atoms with Gasteiger partial charge in [0.1, 0.15) is 18.1 Å². The second-order valence-electron chi connectivity index (χ2n) is 7.05. The van der Waals surface area contributed by atoms with Crippen LogP contribution in [0, 0.1) is 0 Å². The molecule has 3 amide bonds. The molecule has 11 nitrogen and oxygen atoms in total. The molecule has 4 atom stereocenters. The normalized spacial score (nSPS) is 14.8. The Hall–Kier alpha value is -1.89. The van der Waals surface area contributed by atoms with Crippen LogP contribution in [0.25, 0.3) is 0 Å². The number of carboxylic acid groups (broad SMARTS) is 1. The lowest BCUT2D eigenvalue weighted by Crippen LogP contribution is -2.57. The molecule has 0 spiro atoms. The molecule has 0 aromatic rings. The van der Waals surface area contributed by atoms with E-state index in [0.29, 0.717) is 38.8 Å². The summed E-state index contributed by atoms with van der Waals surface area (Å²) in [6, 6.07) is -3.86. The number of amides is 3. The molecular weight excluding hydrogens is 412 g/mol. The van der Waals surface area contributed by atoms with Crippen LogP contribution >= 0.6 is 12.6 Å². The number of hydrogen-bond donors (Lipinski definition) is 8. The Morgan fingerprint density at radius 1 is 0.833 bits per heavy atom. The van der Waals surface area contributed by atoms with E-state index < -0.39 is 47.9 Å². The largest absolute Gasteiger partial charge is 0.480 e. The first-order chi connectivity index (χ1) is 14.2. The highest BCUT2D eigenvalue weighted by Crippen LogP contribution is 2.04. The number of hydrogen-bond acceptors (Lipinski definition) is 8. The van der Waals surface area contributed by atoms with Gasteiger partial charge in [0.05, 0.1) is 6.04 Å². The van der Waals surface area contributed by atoms with Gasteiger partial charge in [0.25, 0.3) is 0 Å². The number of aliphatic carboxylic acids is 1. The van der Waals surface area contributed by atoms with E-state index >= 15 is 0 Å². The van der Waals surface area contributed by atoms with E-state index in [4.69, 9.17) is 22.3 Å². The number of nitrogens with one attached hydrogen (secondary N) is 3. The topological polar surface area (TPSA) is 203 Å². The van der Waals surface area contributed by atoms with Gasteiger partial charge in [0, 0.05) is 5.75 Å². The third kappa shape index (κ3) is 11.3. The molecule has 0 aliphatic carbocycles. The number of carboxylic acids is 1. The van der Waals surface area contributed by atoms with Crippen molar-refractivity contribution in [2.75, 3.05) is 18.8 Å². The van der Waals surface area contributed by atoms with Crippen LogP contribution in [-0.2, 0) is 19.2 Å². The molecule has 0 saturated heterocycles. The van der Waals surface area contributed by atoms with Crippen molar-refractivity contribution in [3.8, 4) is 0 Å². The zero-order chi connectivity index (χ0) is 23.1. The second kappa shape index (κ2) is 15.9. The first-order valence-corrected chi connectivity index (χ1v) is 10.7. The lowest BCUT2D eigenvalue weighted by molar-refractivity contribution is -0.141. The van der Waals surface area contributed by atoms with Gasteiger partial charge in [-0.25, -0.2) is 0 Å². The lowest BCUT2D eigenvalue weighted by atomic mass is 10.1. The second-order valence-corrected chi connectivity index (χ2v) is 7.41. The molecule has 0 aliphatic rings. The molecule has 174 valence electrons. The zero-order valence-corrected chi connectivity index (χ0v) is 18.3. The number of nitrogens with two attached hydrogens (primary N) is 3. The summed E-state index contributed by atoms with van der Waals surface area (Å²) in [5.74, 6) is -2.93. The highest BCUT2D eigenvalue weighted by Gasteiger charge is 2.28. The van der Waals surface area contributed by atoms with Crippen molar-refractivity contribution in [3.63, 3.8) is 0 Å². The Labute approximate surface area is 182 Å². The Balaban J connectivity index is 4.98. The van der Waals surface area contributed by atoms with Crippen LogP contribution in [0.15, 0.2) is 0 Å². The van der Waals surface area contributed by atoms with Crippen molar-refractivity contribution in [2.24, 2.45) is 17.2 Å². The van der Waals surface area contributed by atoms with E-state index in [1.54, 1.807) is 0 Å². The van der Waals surface area contributed by atoms with Gasteiger partial charge in [-0.3, -0.25) is 19.2 Å². The van der Waals surface area contributed by atoms with E-state index in [2.05, 4.69) is 28.6 Å². The maximum Gasteiger partial charge on any atom is 0.325 e. The van der Waals surface area contributed by atoms with Gasteiger partial charge in [-0.15, -0.1) is 0 Å². The molecule has 0 aromatic heterocycles. The number of thiol groups is 1. The Morgan fingerprint density at radius 2 is 1.33 bits per heavy atom. The average Bonchev–Trinajstić information content (AvgIpc) is 2.70. The van der Waals surface area contributed by atoms with Gasteiger partial charge >= 0.3 is 5.97 Å². The minimum atomic E-state index is -1.19. The van der Waals surface area contributed by atoms with Crippen molar-refractivity contribution in [2.45, 2.75) is 69.6 Å². The predicted octanol–water partition coefficient (Wildman–Crippen LogP) is -1.94. The Bertz CT molecular complexity index is 565. The highest BCUT2D eigenvalue weighted by molar-refractivity contribution is 7.80. The van der Waals surface area contributed by atoms with Crippen molar-refractivity contribution in [3.05, 3.63) is 0 Å². The van der Waals surface area contributed by atoms with Crippen LogP contribution in [0.3, 0.4) is 0 Å². The summed E-state index contributed by atoms with van der Waals surface area (Å²) >= 11 is 4.10. The number of rotatable bonds is 16. The summed E-state index contributed by atoms with van der Waals surface area (Å²) in [5, 5.41) is 16.4. The number of unbranched alkanes of at least 4 members (excludes halogenated alkanes) is 2. The fraction of sp³-hybridized carbons (Fsp3) is 0.778. The first-order valence-electron chi connectivity index (χ1n) is 10.1. The summed E-state index contributed by atoms with van der Waals surface area (Å²) in [5.41, 5.74) is 16.7. The molecule has 0 radical (unpaired) electrons. The zero-order valence-electron chi connectivity index (χ0n) is 17.4. The van der Waals surface area contributed by atoms with E-state index in [9.17, 15) is 19.2 Å². The van der Waals surface area contributed by atoms with Gasteiger partial charge in [-0.1, -0.05) is 6.42 Å². The van der Waals surface area contributed by atoms with Crippen molar-refractivity contribution in [1.82, 2.24) is 16.0 Å². The number of carbonyl (C=O) groups excluding carboxylic acids is 3. The summed E-state index contributed by atoms with van der Waals surface area (Å²) in [7, 11) is 0. The molecule has 10 N–H and O–H groups in total. The third-order valence-electron chi connectivity index (χ3n) is 4.43. The van der Waals surface area contributed by atoms with Crippen molar-refractivity contribution in [1.29, 1.82) is 0 Å². The summed E-state index contributed by atoms with van der Waals surface area (Å²) in [4.78, 5) is 48.2. The summed E-state index contributed by atoms with van der Waals surface area (Å²) < 4.78 is 0. The predicted molar refractivity (Wildman–Crippen MR) is 117 cm³/mol. The van der Waals surface area contributed by atoms with Crippen molar-refractivity contribution >= 4 is 36.3 Å². The van der Waals surface area contributed by atoms with Crippen molar-refractivity contribution < 1.29 is 24.3 Å². The minimum Gasteiger partial charge on any atom is -0.480 e. The van der Waals surface area contributed by atoms with Crippen LogP contribution in [0.2, 0.25) is 0 Å². The van der Waals surface area contributed by atoms with E-state index in [0.717, 1.165) is 6.42 Å². The number of carbonyl (C=O) groups is 4. The van der Waals surface area contributed by atoms with E-state index in [-0.39, 0.29) is 12.2 Å². The summed E-state index contributed by atoms with van der Waals surface area (Å²) in [6.07, 6.45) is 3.33. The fourth-order valence-corrected chi connectivity index (χ4v) is 2.78.